The fraction of sp³-hybridized carbons (Fsp3) is 0.517. The molecular weight excluding hydrogens is 515 g/mol. The van der Waals surface area contributed by atoms with Crippen molar-refractivity contribution in [1.29, 1.82) is 0 Å². The summed E-state index contributed by atoms with van der Waals surface area (Å²) in [6.07, 6.45) is 7.48. The van der Waals surface area contributed by atoms with Crippen LogP contribution in [0.1, 0.15) is 82.8 Å². The molecule has 1 heterocycles. The Balaban J connectivity index is 0.000000298. The molecule has 1 saturated heterocycles. The van der Waals surface area contributed by atoms with Gasteiger partial charge in [0.15, 0.2) is 11.6 Å². The monoisotopic (exact) mass is 553 g/mol. The van der Waals surface area contributed by atoms with Crippen molar-refractivity contribution in [3.63, 3.8) is 0 Å². The molecule has 2 aromatic rings. The molecule has 0 aromatic heterocycles. The van der Waals surface area contributed by atoms with Crippen LogP contribution in [0.5, 0.6) is 0 Å². The van der Waals surface area contributed by atoms with E-state index in [1.807, 2.05) is 0 Å². The van der Waals surface area contributed by atoms with E-state index in [4.69, 9.17) is 11.6 Å². The summed E-state index contributed by atoms with van der Waals surface area (Å²) in [4.78, 5) is 20.7. The zero-order valence-electron chi connectivity index (χ0n) is 22.6. The van der Waals surface area contributed by atoms with Crippen LogP contribution >= 0.6 is 11.6 Å². The Bertz CT molecular complexity index is 1050. The van der Waals surface area contributed by atoms with Crippen LogP contribution in [0.3, 0.4) is 0 Å². The molecule has 1 saturated carbocycles. The molecule has 2 fully saturated rings. The lowest BCUT2D eigenvalue weighted by molar-refractivity contribution is -0.110. The molecule has 3 N–H and O–H groups in total. The maximum atomic E-state index is 14.4. The van der Waals surface area contributed by atoms with Crippen molar-refractivity contribution in [2.75, 3.05) is 18.4 Å². The lowest BCUT2D eigenvalue weighted by atomic mass is 9.83. The Morgan fingerprint density at radius 3 is 2.05 bits per heavy atom. The van der Waals surface area contributed by atoms with Gasteiger partial charge in [-0.1, -0.05) is 70.7 Å². The van der Waals surface area contributed by atoms with E-state index in [1.165, 1.54) is 38.2 Å². The molecule has 2 atom stereocenters. The van der Waals surface area contributed by atoms with Crippen molar-refractivity contribution in [3.05, 3.63) is 63.9 Å². The molecule has 1 aliphatic heterocycles. The smallest absolute Gasteiger partial charge is 0.211 e. The van der Waals surface area contributed by atoms with Gasteiger partial charge in [-0.25, -0.2) is 13.2 Å². The Hall–Kier alpha value is -2.58. The largest absolute Gasteiger partial charge is 0.356 e. The van der Waals surface area contributed by atoms with Crippen molar-refractivity contribution in [3.8, 4) is 0 Å². The normalized spacial score (nSPS) is 19.4. The van der Waals surface area contributed by atoms with Gasteiger partial charge in [-0.2, -0.15) is 0 Å². The molecule has 38 heavy (non-hydrogen) atoms. The highest BCUT2D eigenvalue weighted by Gasteiger charge is 2.34. The van der Waals surface area contributed by atoms with Crippen molar-refractivity contribution >= 4 is 30.1 Å². The molecule has 2 aromatic carbocycles. The SMILES string of the molecule is CC(C)(C)C.O=CNC1CCCCC1.O=CNc1cc(F)c(F)cc1C1CNCC1c1cccc(Cl)c1F. The van der Waals surface area contributed by atoms with Gasteiger partial charge in [0.2, 0.25) is 12.8 Å². The van der Waals surface area contributed by atoms with E-state index >= 15 is 0 Å². The fourth-order valence-corrected chi connectivity index (χ4v) is 4.74. The Kier molecular flexibility index (Phi) is 12.6. The third-order valence-corrected chi connectivity index (χ3v) is 6.50. The minimum atomic E-state index is -1.06. The predicted molar refractivity (Wildman–Crippen MR) is 147 cm³/mol. The molecule has 2 aliphatic rings. The zero-order valence-corrected chi connectivity index (χ0v) is 23.3. The van der Waals surface area contributed by atoms with E-state index in [-0.39, 0.29) is 22.5 Å². The number of anilines is 1. The van der Waals surface area contributed by atoms with E-state index in [0.29, 0.717) is 42.1 Å². The number of benzene rings is 2. The van der Waals surface area contributed by atoms with Gasteiger partial charge < -0.3 is 16.0 Å². The molecule has 9 heteroatoms. The third kappa shape index (κ3) is 9.95. The maximum Gasteiger partial charge on any atom is 0.211 e. The van der Waals surface area contributed by atoms with Gasteiger partial charge in [-0.3, -0.25) is 9.59 Å². The number of rotatable bonds is 6. The van der Waals surface area contributed by atoms with Crippen LogP contribution in [0, 0.1) is 22.9 Å². The van der Waals surface area contributed by atoms with Crippen molar-refractivity contribution in [2.45, 2.75) is 77.7 Å². The van der Waals surface area contributed by atoms with Gasteiger partial charge in [-0.05, 0) is 41.5 Å². The van der Waals surface area contributed by atoms with Crippen LogP contribution in [0.25, 0.3) is 0 Å². The van der Waals surface area contributed by atoms with Gasteiger partial charge in [-0.15, -0.1) is 0 Å². The first-order valence-electron chi connectivity index (χ1n) is 13.0. The summed E-state index contributed by atoms with van der Waals surface area (Å²) in [5, 5.41) is 8.32. The predicted octanol–water partition coefficient (Wildman–Crippen LogP) is 6.91. The highest BCUT2D eigenvalue weighted by molar-refractivity contribution is 6.30. The van der Waals surface area contributed by atoms with Gasteiger partial charge in [0, 0.05) is 42.7 Å². The molecule has 5 nitrogen and oxygen atoms in total. The lowest BCUT2D eigenvalue weighted by Gasteiger charge is -2.22. The molecule has 2 unspecified atom stereocenters. The van der Waals surface area contributed by atoms with Crippen molar-refractivity contribution in [2.24, 2.45) is 5.41 Å². The average molecular weight is 554 g/mol. The van der Waals surface area contributed by atoms with Gasteiger partial charge in [0.25, 0.3) is 0 Å². The van der Waals surface area contributed by atoms with Crippen molar-refractivity contribution < 1.29 is 22.8 Å². The topological polar surface area (TPSA) is 70.2 Å². The third-order valence-electron chi connectivity index (χ3n) is 6.21. The lowest BCUT2D eigenvalue weighted by Crippen LogP contribution is -2.29. The minimum absolute atomic E-state index is 0.00896. The Labute approximate surface area is 228 Å². The van der Waals surface area contributed by atoms with E-state index in [9.17, 15) is 22.8 Å². The van der Waals surface area contributed by atoms with Crippen molar-refractivity contribution in [1.82, 2.24) is 10.6 Å². The molecule has 0 radical (unpaired) electrons. The number of carbonyl (C=O) groups excluding carboxylic acids is 2. The van der Waals surface area contributed by atoms with E-state index in [0.717, 1.165) is 18.5 Å². The maximum absolute atomic E-state index is 14.4. The fourth-order valence-electron chi connectivity index (χ4n) is 4.56. The summed E-state index contributed by atoms with van der Waals surface area (Å²) in [5.41, 5.74) is 1.49. The van der Waals surface area contributed by atoms with E-state index in [2.05, 4.69) is 43.6 Å². The average Bonchev–Trinajstić information content (AvgIpc) is 3.33. The molecule has 0 spiro atoms. The van der Waals surface area contributed by atoms with Gasteiger partial charge >= 0.3 is 0 Å². The Morgan fingerprint density at radius 1 is 0.895 bits per heavy atom. The summed E-state index contributed by atoms with van der Waals surface area (Å²) in [6, 6.07) is 7.19. The number of nitrogens with one attached hydrogen (secondary N) is 3. The number of hydrogen-bond donors (Lipinski definition) is 3. The summed E-state index contributed by atoms with van der Waals surface area (Å²) in [5.74, 6) is -3.25. The van der Waals surface area contributed by atoms with Crippen LogP contribution in [0.2, 0.25) is 5.02 Å². The molecule has 1 aliphatic carbocycles. The van der Waals surface area contributed by atoms with E-state index in [1.54, 1.807) is 12.1 Å². The van der Waals surface area contributed by atoms with Gasteiger partial charge in [0.1, 0.15) is 5.82 Å². The quantitative estimate of drug-likeness (QED) is 0.340. The van der Waals surface area contributed by atoms with Gasteiger partial charge in [0.05, 0.1) is 5.02 Å². The van der Waals surface area contributed by atoms with Crippen LogP contribution in [0.15, 0.2) is 30.3 Å². The standard InChI is InChI=1S/C17H14ClF3N2O.C7H13NO.C5H12/c18-13-3-1-2-9(17(13)21)11-6-22-7-12(11)10-4-14(19)15(20)5-16(10)23-8-24;9-6-8-7-4-2-1-3-5-7;1-5(2,3)4/h1-5,8,11-12,22H,6-7H2,(H,23,24);6-7H,1-5H2,(H,8,9);1-4H3. The van der Waals surface area contributed by atoms with E-state index < -0.39 is 17.5 Å². The summed E-state index contributed by atoms with van der Waals surface area (Å²) in [7, 11) is 0. The summed E-state index contributed by atoms with van der Waals surface area (Å²) in [6.45, 7) is 9.65. The second kappa shape index (κ2) is 15.1. The molecular formula is C29H39ClF3N3O2. The Morgan fingerprint density at radius 2 is 1.47 bits per heavy atom. The second-order valence-corrected chi connectivity index (χ2v) is 11.7. The second-order valence-electron chi connectivity index (χ2n) is 11.2. The summed E-state index contributed by atoms with van der Waals surface area (Å²) >= 11 is 5.85. The highest BCUT2D eigenvalue weighted by atomic mass is 35.5. The highest BCUT2D eigenvalue weighted by Crippen LogP contribution is 2.41. The zero-order chi connectivity index (χ0) is 28.3. The first-order chi connectivity index (χ1) is 18.0. The number of hydrogen-bond acceptors (Lipinski definition) is 3. The molecule has 4 rings (SSSR count). The number of halogens is 4. The first-order valence-corrected chi connectivity index (χ1v) is 13.4. The van der Waals surface area contributed by atoms with Crippen LogP contribution in [-0.4, -0.2) is 32.0 Å². The number of amides is 2. The summed E-state index contributed by atoms with van der Waals surface area (Å²) < 4.78 is 41.6. The van der Waals surface area contributed by atoms with Crippen LogP contribution < -0.4 is 16.0 Å². The molecule has 2 amide bonds. The minimum Gasteiger partial charge on any atom is -0.356 e. The first kappa shape index (κ1) is 31.6. The van der Waals surface area contributed by atoms with Crippen LogP contribution in [-0.2, 0) is 9.59 Å². The number of carbonyl (C=O) groups is 2. The molecule has 0 bridgehead atoms. The van der Waals surface area contributed by atoms with Crippen LogP contribution in [0.4, 0.5) is 18.9 Å². The molecule has 210 valence electrons.